The van der Waals surface area contributed by atoms with Gasteiger partial charge in [-0.2, -0.15) is 0 Å². The molecule has 0 spiro atoms. The largest absolute Gasteiger partial charge is 0.444 e. The summed E-state index contributed by atoms with van der Waals surface area (Å²) in [6.45, 7) is 13.1. The van der Waals surface area contributed by atoms with Gasteiger partial charge < -0.3 is 15.0 Å². The minimum atomic E-state index is -0.677. The molecule has 1 saturated heterocycles. The number of amides is 2. The van der Waals surface area contributed by atoms with E-state index in [0.717, 1.165) is 37.6 Å². The van der Waals surface area contributed by atoms with E-state index in [1.165, 1.54) is 0 Å². The molecule has 2 unspecified atom stereocenters. The number of halogens is 2. The van der Waals surface area contributed by atoms with E-state index in [1.807, 2.05) is 39.5 Å². The van der Waals surface area contributed by atoms with Crippen LogP contribution < -0.4 is 5.32 Å². The number of benzene rings is 1. The van der Waals surface area contributed by atoms with Gasteiger partial charge in [-0.1, -0.05) is 0 Å². The molecular weight excluding hydrogens is 404 g/mol. The summed E-state index contributed by atoms with van der Waals surface area (Å²) < 4.78 is 32.8. The van der Waals surface area contributed by atoms with Gasteiger partial charge in [-0.25, -0.2) is 13.6 Å². The van der Waals surface area contributed by atoms with Crippen LogP contribution in [0.25, 0.3) is 0 Å². The molecule has 0 radical (unpaired) electrons. The van der Waals surface area contributed by atoms with E-state index in [1.54, 1.807) is 11.8 Å². The minimum Gasteiger partial charge on any atom is -0.444 e. The predicted octanol–water partition coefficient (Wildman–Crippen LogP) is 4.65. The van der Waals surface area contributed by atoms with Crippen molar-refractivity contribution in [2.45, 2.75) is 72.1 Å². The van der Waals surface area contributed by atoms with Crippen LogP contribution in [0.15, 0.2) is 18.2 Å². The molecule has 1 fully saturated rings. The zero-order valence-corrected chi connectivity index (χ0v) is 19.4. The van der Waals surface area contributed by atoms with Crippen LogP contribution in [-0.4, -0.2) is 59.1 Å². The van der Waals surface area contributed by atoms with Crippen LogP contribution in [0.5, 0.6) is 0 Å². The van der Waals surface area contributed by atoms with E-state index in [0.29, 0.717) is 13.1 Å². The smallest absolute Gasteiger partial charge is 0.410 e. The fourth-order valence-corrected chi connectivity index (χ4v) is 3.69. The molecule has 31 heavy (non-hydrogen) atoms. The van der Waals surface area contributed by atoms with Gasteiger partial charge in [0.05, 0.1) is 11.7 Å². The molecule has 2 amide bonds. The lowest BCUT2D eigenvalue weighted by molar-refractivity contribution is -0.121. The van der Waals surface area contributed by atoms with Crippen LogP contribution in [0.3, 0.4) is 0 Å². The number of ether oxygens (including phenoxy) is 1. The first-order valence-electron chi connectivity index (χ1n) is 10.9. The first-order valence-corrected chi connectivity index (χ1v) is 10.9. The van der Waals surface area contributed by atoms with Gasteiger partial charge in [-0.15, -0.1) is 0 Å². The number of carbonyl (C=O) groups excluding carboxylic acids is 2. The molecule has 6 nitrogen and oxygen atoms in total. The van der Waals surface area contributed by atoms with Crippen molar-refractivity contribution in [3.63, 3.8) is 0 Å². The highest BCUT2D eigenvalue weighted by molar-refractivity contribution is 5.94. The Kier molecular flexibility index (Phi) is 8.40. The van der Waals surface area contributed by atoms with E-state index < -0.39 is 29.2 Å². The summed E-state index contributed by atoms with van der Waals surface area (Å²) in [6, 6.07) is 2.44. The first-order chi connectivity index (χ1) is 14.4. The summed E-state index contributed by atoms with van der Waals surface area (Å²) in [5, 5.41) is 2.49. The van der Waals surface area contributed by atoms with Gasteiger partial charge in [0.1, 0.15) is 17.2 Å². The Labute approximate surface area is 183 Å². The van der Waals surface area contributed by atoms with Crippen LogP contribution in [-0.2, 0) is 9.53 Å². The Balaban J connectivity index is 2.00. The molecule has 1 aromatic carbocycles. The van der Waals surface area contributed by atoms with Crippen molar-refractivity contribution in [1.82, 2.24) is 9.80 Å². The second-order valence-electron chi connectivity index (χ2n) is 9.52. The van der Waals surface area contributed by atoms with Crippen molar-refractivity contribution in [3.8, 4) is 0 Å². The zero-order valence-electron chi connectivity index (χ0n) is 19.4. The number of piperidine rings is 1. The zero-order chi connectivity index (χ0) is 23.3. The van der Waals surface area contributed by atoms with Gasteiger partial charge in [-0.3, -0.25) is 9.69 Å². The van der Waals surface area contributed by atoms with Gasteiger partial charge in [0.2, 0.25) is 5.91 Å². The molecule has 0 bridgehead atoms. The Hall–Kier alpha value is -2.22. The van der Waals surface area contributed by atoms with Gasteiger partial charge in [0.25, 0.3) is 0 Å². The van der Waals surface area contributed by atoms with Gasteiger partial charge in [0.15, 0.2) is 0 Å². The summed E-state index contributed by atoms with van der Waals surface area (Å²) in [7, 11) is 0. The number of carbonyl (C=O) groups is 2. The lowest BCUT2D eigenvalue weighted by Crippen LogP contribution is -2.51. The van der Waals surface area contributed by atoms with Crippen molar-refractivity contribution in [2.24, 2.45) is 5.92 Å². The molecule has 1 N–H and O–H groups in total. The topological polar surface area (TPSA) is 61.9 Å². The van der Waals surface area contributed by atoms with E-state index in [9.17, 15) is 18.4 Å². The van der Waals surface area contributed by atoms with Crippen molar-refractivity contribution in [2.75, 3.05) is 25.0 Å². The molecule has 0 aliphatic carbocycles. The second-order valence-corrected chi connectivity index (χ2v) is 9.52. The van der Waals surface area contributed by atoms with Crippen molar-refractivity contribution in [3.05, 3.63) is 29.8 Å². The maximum absolute atomic E-state index is 13.9. The first kappa shape index (κ1) is 25.0. The van der Waals surface area contributed by atoms with E-state index >= 15 is 0 Å². The molecule has 1 aliphatic heterocycles. The van der Waals surface area contributed by atoms with E-state index in [4.69, 9.17) is 4.74 Å². The number of nitrogens with one attached hydrogen (secondary N) is 1. The van der Waals surface area contributed by atoms with Gasteiger partial charge in [0, 0.05) is 25.2 Å². The van der Waals surface area contributed by atoms with Crippen LogP contribution in [0.4, 0.5) is 19.3 Å². The summed E-state index contributed by atoms with van der Waals surface area (Å²) >= 11 is 0. The summed E-state index contributed by atoms with van der Waals surface area (Å²) in [5.74, 6) is -1.50. The third-order valence-corrected chi connectivity index (χ3v) is 5.37. The quantitative estimate of drug-likeness (QED) is 0.701. The molecular formula is C23H35F2N3O3. The van der Waals surface area contributed by atoms with Crippen LogP contribution in [0.2, 0.25) is 0 Å². The number of anilines is 1. The third-order valence-electron chi connectivity index (χ3n) is 5.37. The Morgan fingerprint density at radius 2 is 1.94 bits per heavy atom. The fraction of sp³-hybridized carbons (Fsp3) is 0.652. The molecule has 8 heteroatoms. The Morgan fingerprint density at radius 1 is 1.26 bits per heavy atom. The highest BCUT2D eigenvalue weighted by Gasteiger charge is 2.32. The highest BCUT2D eigenvalue weighted by Crippen LogP contribution is 2.23. The molecule has 1 aliphatic rings. The molecule has 2 atom stereocenters. The minimum absolute atomic E-state index is 0.0121. The van der Waals surface area contributed by atoms with Crippen LogP contribution >= 0.6 is 0 Å². The van der Waals surface area contributed by atoms with E-state index in [-0.39, 0.29) is 23.7 Å². The van der Waals surface area contributed by atoms with Gasteiger partial charge in [-0.05, 0) is 79.0 Å². The molecule has 1 aromatic rings. The van der Waals surface area contributed by atoms with Crippen molar-refractivity contribution < 1.29 is 23.1 Å². The molecule has 0 saturated carbocycles. The summed E-state index contributed by atoms with van der Waals surface area (Å²) in [6.07, 6.45) is 1.48. The number of hydrogen-bond acceptors (Lipinski definition) is 4. The van der Waals surface area contributed by atoms with Gasteiger partial charge >= 0.3 is 6.09 Å². The van der Waals surface area contributed by atoms with E-state index in [2.05, 4.69) is 5.32 Å². The summed E-state index contributed by atoms with van der Waals surface area (Å²) in [5.41, 5.74) is -0.733. The summed E-state index contributed by atoms with van der Waals surface area (Å²) in [4.78, 5) is 29.0. The molecule has 1 heterocycles. The monoisotopic (exact) mass is 439 g/mol. The second kappa shape index (κ2) is 10.4. The Morgan fingerprint density at radius 3 is 2.55 bits per heavy atom. The average Bonchev–Trinajstić information content (AvgIpc) is 2.66. The number of hydrogen-bond donors (Lipinski definition) is 1. The number of rotatable bonds is 6. The number of nitrogens with zero attached hydrogens (tertiary/aromatic N) is 2. The molecule has 0 aromatic heterocycles. The molecule has 174 valence electrons. The Bertz CT molecular complexity index is 780. The number of likely N-dealkylation sites (tertiary alicyclic amines) is 1. The lowest BCUT2D eigenvalue weighted by atomic mass is 9.95. The van der Waals surface area contributed by atoms with Crippen LogP contribution in [0.1, 0.15) is 54.4 Å². The highest BCUT2D eigenvalue weighted by atomic mass is 19.1. The SMILES string of the molecule is CC(C(=O)Nc1cc(F)ccc1F)N1CCCC(CN(C(=O)OC(C)(C)C)C(C)C)C1. The predicted molar refractivity (Wildman–Crippen MR) is 117 cm³/mol. The fourth-order valence-electron chi connectivity index (χ4n) is 3.69. The average molecular weight is 440 g/mol. The van der Waals surface area contributed by atoms with Crippen LogP contribution in [0, 0.1) is 17.6 Å². The van der Waals surface area contributed by atoms with Crippen molar-refractivity contribution >= 4 is 17.7 Å². The van der Waals surface area contributed by atoms with Crippen molar-refractivity contribution in [1.29, 1.82) is 0 Å². The third kappa shape index (κ3) is 7.45. The molecule has 2 rings (SSSR count). The normalized spacial score (nSPS) is 18.5. The standard InChI is InChI=1S/C23H35F2N3O3/c1-15(2)28(22(30)31-23(4,5)6)14-17-8-7-11-27(13-17)16(3)21(29)26-20-12-18(24)9-10-19(20)25/h9-10,12,15-17H,7-8,11,13-14H2,1-6H3,(H,26,29). The maximum atomic E-state index is 13.9. The lowest BCUT2D eigenvalue weighted by Gasteiger charge is -2.39. The maximum Gasteiger partial charge on any atom is 0.410 e.